The number of amides is 3. The molecule has 2 aromatic rings. The molecule has 2 atom stereocenters. The van der Waals surface area contributed by atoms with Crippen LogP contribution >= 0.6 is 0 Å². The van der Waals surface area contributed by atoms with Crippen molar-refractivity contribution in [3.05, 3.63) is 65.2 Å². The van der Waals surface area contributed by atoms with Crippen LogP contribution in [0.15, 0.2) is 48.5 Å². The average molecular weight is 423 g/mol. The minimum atomic E-state index is -0.991. The van der Waals surface area contributed by atoms with Gasteiger partial charge in [-0.25, -0.2) is 0 Å². The number of carbonyl (C=O) groups is 4. The van der Waals surface area contributed by atoms with Gasteiger partial charge in [0.2, 0.25) is 5.91 Å². The molecule has 8 heteroatoms. The molecule has 1 fully saturated rings. The smallest absolute Gasteiger partial charge is 0.307 e. The number of hydrogen-bond acceptors (Lipinski definition) is 4. The van der Waals surface area contributed by atoms with Crippen LogP contribution in [0.4, 0.5) is 5.69 Å². The topological polar surface area (TPSA) is 125 Å². The second-order valence-electron chi connectivity index (χ2n) is 7.63. The van der Waals surface area contributed by atoms with Crippen molar-refractivity contribution in [2.45, 2.75) is 32.6 Å². The van der Waals surface area contributed by atoms with Gasteiger partial charge in [-0.1, -0.05) is 31.0 Å². The Morgan fingerprint density at radius 3 is 2.13 bits per heavy atom. The van der Waals surface area contributed by atoms with Gasteiger partial charge in [0.15, 0.2) is 0 Å². The molecule has 1 aliphatic rings. The Bertz CT molecular complexity index is 987. The molecule has 162 valence electrons. The number of carbonyl (C=O) groups excluding carboxylic acids is 3. The van der Waals surface area contributed by atoms with Crippen LogP contribution in [0, 0.1) is 18.8 Å². The summed E-state index contributed by atoms with van der Waals surface area (Å²) in [5.41, 5.74) is 6.90. The molecule has 0 unspecified atom stereocenters. The Morgan fingerprint density at radius 1 is 0.839 bits per heavy atom. The fourth-order valence-electron chi connectivity index (χ4n) is 3.75. The SMILES string of the molecule is Cc1ccccc1C(=O)Nc1ccc(C(=O)NNC(=O)[C@H]2CCCC[C@H]2C(=O)O)cc1. The van der Waals surface area contributed by atoms with Crippen LogP contribution in [0.3, 0.4) is 0 Å². The van der Waals surface area contributed by atoms with Crippen molar-refractivity contribution in [1.29, 1.82) is 0 Å². The van der Waals surface area contributed by atoms with Crippen molar-refractivity contribution in [2.24, 2.45) is 11.8 Å². The molecule has 0 spiro atoms. The van der Waals surface area contributed by atoms with E-state index in [1.54, 1.807) is 24.3 Å². The monoisotopic (exact) mass is 423 g/mol. The molecule has 1 aliphatic carbocycles. The first-order valence-corrected chi connectivity index (χ1v) is 10.2. The number of benzene rings is 2. The minimum absolute atomic E-state index is 0.247. The Balaban J connectivity index is 1.55. The number of aryl methyl sites for hydroxylation is 1. The molecular weight excluding hydrogens is 398 g/mol. The van der Waals surface area contributed by atoms with Gasteiger partial charge in [-0.15, -0.1) is 0 Å². The number of anilines is 1. The van der Waals surface area contributed by atoms with E-state index in [2.05, 4.69) is 16.2 Å². The van der Waals surface area contributed by atoms with Crippen molar-refractivity contribution in [2.75, 3.05) is 5.32 Å². The van der Waals surface area contributed by atoms with E-state index in [-0.39, 0.29) is 11.5 Å². The average Bonchev–Trinajstić information content (AvgIpc) is 2.78. The summed E-state index contributed by atoms with van der Waals surface area (Å²) in [4.78, 5) is 48.4. The lowest BCUT2D eigenvalue weighted by Crippen LogP contribution is -2.47. The molecule has 0 aromatic heterocycles. The quantitative estimate of drug-likeness (QED) is 0.551. The van der Waals surface area contributed by atoms with Crippen molar-refractivity contribution in [3.63, 3.8) is 0 Å². The zero-order valence-corrected chi connectivity index (χ0v) is 17.2. The zero-order valence-electron chi connectivity index (χ0n) is 17.2. The first kappa shape index (κ1) is 22.0. The van der Waals surface area contributed by atoms with Gasteiger partial charge in [-0.3, -0.25) is 30.0 Å². The van der Waals surface area contributed by atoms with Gasteiger partial charge in [-0.2, -0.15) is 0 Å². The summed E-state index contributed by atoms with van der Waals surface area (Å²) in [7, 11) is 0. The summed E-state index contributed by atoms with van der Waals surface area (Å²) in [5.74, 6) is -3.67. The number of carboxylic acid groups (broad SMARTS) is 1. The van der Waals surface area contributed by atoms with E-state index in [0.29, 0.717) is 24.1 Å². The fourth-order valence-corrected chi connectivity index (χ4v) is 3.75. The van der Waals surface area contributed by atoms with E-state index in [1.807, 2.05) is 19.1 Å². The van der Waals surface area contributed by atoms with Crippen molar-refractivity contribution in [1.82, 2.24) is 10.9 Å². The van der Waals surface area contributed by atoms with Crippen LogP contribution < -0.4 is 16.2 Å². The van der Waals surface area contributed by atoms with Gasteiger partial charge in [0.1, 0.15) is 0 Å². The summed E-state index contributed by atoms with van der Waals surface area (Å²) >= 11 is 0. The maximum absolute atomic E-state index is 12.4. The van der Waals surface area contributed by atoms with Gasteiger partial charge in [0, 0.05) is 16.8 Å². The van der Waals surface area contributed by atoms with E-state index >= 15 is 0 Å². The Hall–Kier alpha value is -3.68. The third-order valence-corrected chi connectivity index (χ3v) is 5.51. The summed E-state index contributed by atoms with van der Waals surface area (Å²) in [5, 5.41) is 12.1. The van der Waals surface area contributed by atoms with Crippen LogP contribution in [0.1, 0.15) is 52.0 Å². The Kier molecular flexibility index (Phi) is 7.02. The fraction of sp³-hybridized carbons (Fsp3) is 0.304. The van der Waals surface area contributed by atoms with Gasteiger partial charge in [0.05, 0.1) is 11.8 Å². The lowest BCUT2D eigenvalue weighted by Gasteiger charge is -2.27. The van der Waals surface area contributed by atoms with Crippen LogP contribution in [-0.4, -0.2) is 28.8 Å². The van der Waals surface area contributed by atoms with Crippen LogP contribution in [-0.2, 0) is 9.59 Å². The van der Waals surface area contributed by atoms with Crippen LogP contribution in [0.5, 0.6) is 0 Å². The highest BCUT2D eigenvalue weighted by Crippen LogP contribution is 2.30. The normalized spacial score (nSPS) is 18.0. The molecule has 3 rings (SSSR count). The summed E-state index contributed by atoms with van der Waals surface area (Å²) in [6.45, 7) is 1.85. The Labute approximate surface area is 180 Å². The van der Waals surface area contributed by atoms with Crippen molar-refractivity contribution >= 4 is 29.4 Å². The molecule has 3 amide bonds. The van der Waals surface area contributed by atoms with Gasteiger partial charge in [0.25, 0.3) is 11.8 Å². The lowest BCUT2D eigenvalue weighted by molar-refractivity contribution is -0.149. The zero-order chi connectivity index (χ0) is 22.4. The first-order chi connectivity index (χ1) is 14.9. The third-order valence-electron chi connectivity index (χ3n) is 5.51. The summed E-state index contributed by atoms with van der Waals surface area (Å²) in [6.07, 6.45) is 2.50. The standard InChI is InChI=1S/C23H25N3O5/c1-14-6-2-3-7-17(14)21(28)24-16-12-10-15(11-13-16)20(27)25-26-22(29)18-8-4-5-9-19(18)23(30)31/h2-3,6-7,10-13,18-19H,4-5,8-9H2,1H3,(H,24,28)(H,25,27)(H,26,29)(H,30,31)/t18-,19+/m0/s1. The summed E-state index contributed by atoms with van der Waals surface area (Å²) in [6, 6.07) is 13.5. The van der Waals surface area contributed by atoms with Crippen LogP contribution in [0.2, 0.25) is 0 Å². The molecule has 31 heavy (non-hydrogen) atoms. The molecule has 0 heterocycles. The highest BCUT2D eigenvalue weighted by atomic mass is 16.4. The molecule has 0 radical (unpaired) electrons. The molecule has 0 aliphatic heterocycles. The van der Waals surface area contributed by atoms with Gasteiger partial charge < -0.3 is 10.4 Å². The lowest BCUT2D eigenvalue weighted by atomic mass is 9.79. The second-order valence-corrected chi connectivity index (χ2v) is 7.63. The summed E-state index contributed by atoms with van der Waals surface area (Å²) < 4.78 is 0. The molecular formula is C23H25N3O5. The molecule has 0 bridgehead atoms. The van der Waals surface area contributed by atoms with E-state index in [1.165, 1.54) is 12.1 Å². The minimum Gasteiger partial charge on any atom is -0.481 e. The predicted molar refractivity (Wildman–Crippen MR) is 114 cm³/mol. The number of aliphatic carboxylic acids is 1. The van der Waals surface area contributed by atoms with Crippen molar-refractivity contribution in [3.8, 4) is 0 Å². The predicted octanol–water partition coefficient (Wildman–Crippen LogP) is 2.90. The highest BCUT2D eigenvalue weighted by molar-refractivity contribution is 6.05. The van der Waals surface area contributed by atoms with Gasteiger partial charge in [-0.05, 0) is 55.7 Å². The molecule has 8 nitrogen and oxygen atoms in total. The first-order valence-electron chi connectivity index (χ1n) is 10.2. The molecule has 1 saturated carbocycles. The Morgan fingerprint density at radius 2 is 1.48 bits per heavy atom. The number of rotatable bonds is 5. The molecule has 2 aromatic carbocycles. The maximum Gasteiger partial charge on any atom is 0.307 e. The number of hydrogen-bond donors (Lipinski definition) is 4. The second kappa shape index (κ2) is 9.88. The van der Waals surface area contributed by atoms with E-state index in [0.717, 1.165) is 18.4 Å². The molecule has 4 N–H and O–H groups in total. The van der Waals surface area contributed by atoms with E-state index in [9.17, 15) is 24.3 Å². The largest absolute Gasteiger partial charge is 0.481 e. The van der Waals surface area contributed by atoms with Gasteiger partial charge >= 0.3 is 5.97 Å². The number of hydrazine groups is 1. The van der Waals surface area contributed by atoms with E-state index in [4.69, 9.17) is 0 Å². The van der Waals surface area contributed by atoms with E-state index < -0.39 is 29.6 Å². The van der Waals surface area contributed by atoms with Crippen molar-refractivity contribution < 1.29 is 24.3 Å². The number of carboxylic acids is 1. The highest BCUT2D eigenvalue weighted by Gasteiger charge is 2.35. The molecule has 0 saturated heterocycles. The number of nitrogens with one attached hydrogen (secondary N) is 3. The van der Waals surface area contributed by atoms with Crippen LogP contribution in [0.25, 0.3) is 0 Å². The third kappa shape index (κ3) is 5.48. The maximum atomic E-state index is 12.4.